The molecule has 3 heterocycles. The number of nitrogens with zero attached hydrogens (tertiary/aromatic N) is 3. The molecule has 0 aliphatic carbocycles. The Hall–Kier alpha value is -2.94. The van der Waals surface area contributed by atoms with Crippen LogP contribution in [0.1, 0.15) is 45.1 Å². The van der Waals surface area contributed by atoms with E-state index in [0.717, 1.165) is 30.8 Å². The molecule has 2 aliphatic rings. The largest absolute Gasteiger partial charge is 0.489 e. The van der Waals surface area contributed by atoms with Crippen LogP contribution in [0, 0.1) is 17.6 Å². The van der Waals surface area contributed by atoms with Crippen molar-refractivity contribution in [1.82, 2.24) is 9.88 Å². The average Bonchev–Trinajstić information content (AvgIpc) is 3.22. The molecule has 190 valence electrons. The number of ether oxygens (including phenoxy) is 2. The standard InChI is InChI=1S/C26H34F2N4O3/c1-16(2)34-26(33)31-10-8-18(9-11-31)17(3)35-20-5-7-25(30-13-20)32-14-22(24(29)15-32)21-12-19(27)4-6-23(21)28/h4-7,12-13,16-18,22,24H,8-11,14-15,29H2,1-3H3/t17-,22?,24+/m1/s1. The van der Waals surface area contributed by atoms with Crippen LogP contribution in [0.2, 0.25) is 0 Å². The summed E-state index contributed by atoms with van der Waals surface area (Å²) in [5.74, 6) is 0.489. The number of carbonyl (C=O) groups excluding carboxylic acids is 1. The molecule has 2 saturated heterocycles. The van der Waals surface area contributed by atoms with Gasteiger partial charge in [0, 0.05) is 38.1 Å². The van der Waals surface area contributed by atoms with Crippen LogP contribution < -0.4 is 15.4 Å². The van der Waals surface area contributed by atoms with Gasteiger partial charge in [-0.25, -0.2) is 18.6 Å². The van der Waals surface area contributed by atoms with Crippen LogP contribution in [0.15, 0.2) is 36.5 Å². The van der Waals surface area contributed by atoms with E-state index in [1.807, 2.05) is 37.8 Å². The van der Waals surface area contributed by atoms with Crippen molar-refractivity contribution in [3.8, 4) is 5.75 Å². The lowest BCUT2D eigenvalue weighted by Crippen LogP contribution is -2.42. The third kappa shape index (κ3) is 6.01. The summed E-state index contributed by atoms with van der Waals surface area (Å²) in [6, 6.07) is 6.90. The number of piperidine rings is 1. The first-order chi connectivity index (χ1) is 16.7. The van der Waals surface area contributed by atoms with Crippen molar-refractivity contribution >= 4 is 11.9 Å². The van der Waals surface area contributed by atoms with E-state index >= 15 is 0 Å². The van der Waals surface area contributed by atoms with Crippen LogP contribution in [0.3, 0.4) is 0 Å². The first-order valence-electron chi connectivity index (χ1n) is 12.2. The molecule has 3 atom stereocenters. The molecule has 2 aliphatic heterocycles. The predicted octanol–water partition coefficient (Wildman–Crippen LogP) is 4.32. The predicted molar refractivity (Wildman–Crippen MR) is 130 cm³/mol. The first kappa shape index (κ1) is 25.2. The molecule has 1 unspecified atom stereocenters. The highest BCUT2D eigenvalue weighted by atomic mass is 19.1. The number of nitrogens with two attached hydrogens (primary N) is 1. The van der Waals surface area contributed by atoms with Crippen molar-refractivity contribution in [1.29, 1.82) is 0 Å². The number of anilines is 1. The third-order valence-corrected chi connectivity index (χ3v) is 6.89. The molecular formula is C26H34F2N4O3. The van der Waals surface area contributed by atoms with Crippen LogP contribution in [-0.2, 0) is 4.74 Å². The summed E-state index contributed by atoms with van der Waals surface area (Å²) >= 11 is 0. The van der Waals surface area contributed by atoms with Gasteiger partial charge in [0.2, 0.25) is 0 Å². The second-order valence-corrected chi connectivity index (χ2v) is 9.77. The van der Waals surface area contributed by atoms with Gasteiger partial charge in [0.1, 0.15) is 23.2 Å². The Bertz CT molecular complexity index is 1010. The van der Waals surface area contributed by atoms with Crippen molar-refractivity contribution < 1.29 is 23.0 Å². The van der Waals surface area contributed by atoms with Crippen LogP contribution >= 0.6 is 0 Å². The van der Waals surface area contributed by atoms with Gasteiger partial charge in [-0.2, -0.15) is 0 Å². The van der Waals surface area contributed by atoms with Crippen LogP contribution in [0.25, 0.3) is 0 Å². The minimum atomic E-state index is -0.470. The highest BCUT2D eigenvalue weighted by molar-refractivity contribution is 5.67. The van der Waals surface area contributed by atoms with Crippen molar-refractivity contribution in [2.75, 3.05) is 31.1 Å². The maximum absolute atomic E-state index is 14.3. The molecule has 0 radical (unpaired) electrons. The van der Waals surface area contributed by atoms with Gasteiger partial charge < -0.3 is 25.0 Å². The number of aromatic nitrogens is 1. The Balaban J connectivity index is 1.31. The van der Waals surface area contributed by atoms with E-state index in [9.17, 15) is 13.6 Å². The van der Waals surface area contributed by atoms with Crippen LogP contribution in [-0.4, -0.2) is 60.4 Å². The number of hydrogen-bond acceptors (Lipinski definition) is 6. The molecule has 7 nitrogen and oxygen atoms in total. The molecule has 1 aromatic heterocycles. The van der Waals surface area contributed by atoms with Crippen LogP contribution in [0.5, 0.6) is 5.75 Å². The van der Waals surface area contributed by atoms with Gasteiger partial charge in [-0.1, -0.05) is 0 Å². The summed E-state index contributed by atoms with van der Waals surface area (Å²) in [6.45, 7) is 8.01. The zero-order valence-corrected chi connectivity index (χ0v) is 20.5. The van der Waals surface area contributed by atoms with E-state index in [-0.39, 0.29) is 30.3 Å². The molecule has 35 heavy (non-hydrogen) atoms. The number of halogens is 2. The fourth-order valence-corrected chi connectivity index (χ4v) is 4.91. The van der Waals surface area contributed by atoms with Gasteiger partial charge in [0.05, 0.1) is 18.4 Å². The summed E-state index contributed by atoms with van der Waals surface area (Å²) in [5, 5.41) is 0. The maximum Gasteiger partial charge on any atom is 0.410 e. The topological polar surface area (TPSA) is 80.9 Å². The molecule has 2 aromatic rings. The van der Waals surface area contributed by atoms with Gasteiger partial charge in [0.25, 0.3) is 0 Å². The van der Waals surface area contributed by atoms with Crippen molar-refractivity contribution in [2.45, 2.75) is 57.8 Å². The van der Waals surface area contributed by atoms with E-state index in [1.54, 1.807) is 11.1 Å². The molecule has 1 amide bonds. The molecule has 1 aromatic carbocycles. The third-order valence-electron chi connectivity index (χ3n) is 6.89. The fourth-order valence-electron chi connectivity index (χ4n) is 4.91. The van der Waals surface area contributed by atoms with E-state index in [4.69, 9.17) is 15.2 Å². The second-order valence-electron chi connectivity index (χ2n) is 9.77. The molecular weight excluding hydrogens is 454 g/mol. The molecule has 0 saturated carbocycles. The van der Waals surface area contributed by atoms with Gasteiger partial charge in [0.15, 0.2) is 0 Å². The average molecular weight is 489 g/mol. The summed E-state index contributed by atoms with van der Waals surface area (Å²) in [4.78, 5) is 20.4. The summed E-state index contributed by atoms with van der Waals surface area (Å²) < 4.78 is 39.3. The lowest BCUT2D eigenvalue weighted by molar-refractivity contribution is 0.0494. The Kier molecular flexibility index (Phi) is 7.74. The molecule has 0 spiro atoms. The van der Waals surface area contributed by atoms with E-state index in [1.165, 1.54) is 6.07 Å². The van der Waals surface area contributed by atoms with Gasteiger partial charge in [-0.15, -0.1) is 0 Å². The Morgan fingerprint density at radius 2 is 1.86 bits per heavy atom. The van der Waals surface area contributed by atoms with Gasteiger partial charge in [-0.3, -0.25) is 0 Å². The number of amides is 1. The maximum atomic E-state index is 14.3. The molecule has 0 bridgehead atoms. The summed E-state index contributed by atoms with van der Waals surface area (Å²) in [7, 11) is 0. The molecule has 2 fully saturated rings. The zero-order chi connectivity index (χ0) is 25.1. The smallest absolute Gasteiger partial charge is 0.410 e. The van der Waals surface area contributed by atoms with Gasteiger partial charge in [-0.05, 0) is 75.4 Å². The highest BCUT2D eigenvalue weighted by Crippen LogP contribution is 2.32. The second kappa shape index (κ2) is 10.8. The number of pyridine rings is 1. The number of rotatable bonds is 6. The van der Waals surface area contributed by atoms with E-state index in [0.29, 0.717) is 43.4 Å². The molecule has 9 heteroatoms. The Labute approximate surface area is 205 Å². The number of hydrogen-bond donors (Lipinski definition) is 1. The van der Waals surface area contributed by atoms with Crippen molar-refractivity contribution in [3.63, 3.8) is 0 Å². The lowest BCUT2D eigenvalue weighted by Gasteiger charge is -2.34. The summed E-state index contributed by atoms with van der Waals surface area (Å²) in [5.41, 5.74) is 6.58. The van der Waals surface area contributed by atoms with Crippen molar-refractivity contribution in [2.24, 2.45) is 11.7 Å². The number of likely N-dealkylation sites (tertiary alicyclic amines) is 1. The number of carbonyl (C=O) groups is 1. The van der Waals surface area contributed by atoms with Crippen LogP contribution in [0.4, 0.5) is 19.4 Å². The Morgan fingerprint density at radius 3 is 2.51 bits per heavy atom. The summed E-state index contributed by atoms with van der Waals surface area (Å²) in [6.07, 6.45) is 2.99. The zero-order valence-electron chi connectivity index (χ0n) is 20.5. The number of benzene rings is 1. The van der Waals surface area contributed by atoms with Gasteiger partial charge >= 0.3 is 6.09 Å². The SMILES string of the molecule is CC(C)OC(=O)N1CCC([C@@H](C)Oc2ccc(N3CC(c4cc(F)ccc4F)[C@@H](N)C3)nc2)CC1. The normalized spacial score (nSPS) is 21.9. The fraction of sp³-hybridized carbons (Fsp3) is 0.538. The lowest BCUT2D eigenvalue weighted by atomic mass is 9.92. The first-order valence-corrected chi connectivity index (χ1v) is 12.2. The minimum absolute atomic E-state index is 0.0218. The minimum Gasteiger partial charge on any atom is -0.489 e. The molecule has 2 N–H and O–H groups in total. The monoisotopic (exact) mass is 488 g/mol. The highest BCUT2D eigenvalue weighted by Gasteiger charge is 2.34. The Morgan fingerprint density at radius 1 is 1.11 bits per heavy atom. The quantitative estimate of drug-likeness (QED) is 0.653. The van der Waals surface area contributed by atoms with Crippen molar-refractivity contribution in [3.05, 3.63) is 53.7 Å². The van der Waals surface area contributed by atoms with E-state index in [2.05, 4.69) is 4.98 Å². The molecule has 4 rings (SSSR count). The van der Waals surface area contributed by atoms with E-state index < -0.39 is 11.6 Å².